The molecule has 0 aromatic heterocycles. The lowest BCUT2D eigenvalue weighted by Crippen LogP contribution is -2.63. The number of halogens is 1. The Kier molecular flexibility index (Phi) is 9.76. The number of amides is 2. The predicted molar refractivity (Wildman–Crippen MR) is 154 cm³/mol. The normalized spacial score (nSPS) is 25.3. The van der Waals surface area contributed by atoms with Gasteiger partial charge >= 0.3 is 0 Å². The Labute approximate surface area is 242 Å². The summed E-state index contributed by atoms with van der Waals surface area (Å²) in [5.74, 6) is -0.442. The summed E-state index contributed by atoms with van der Waals surface area (Å²) in [5, 5.41) is 0. The van der Waals surface area contributed by atoms with Crippen molar-refractivity contribution in [3.8, 4) is 0 Å². The van der Waals surface area contributed by atoms with Crippen LogP contribution in [0.15, 0.2) is 91.0 Å². The fraction of sp³-hybridized carbons (Fsp3) is 0.355. The highest BCUT2D eigenvalue weighted by Gasteiger charge is 2.51. The number of ether oxygens (including phenoxy) is 4. The van der Waals surface area contributed by atoms with E-state index in [1.165, 1.54) is 4.90 Å². The van der Waals surface area contributed by atoms with Gasteiger partial charge in [0.25, 0.3) is 0 Å². The molecule has 8 heteroatoms. The Morgan fingerprint density at radius 2 is 1.15 bits per heavy atom. The number of carbonyl (C=O) groups is 2. The SMILES string of the molecule is O=C1CCC(=O)N1C1O[C@H](COCc2ccccc2)[C@@H](OCc2ccccc2)[C@@H](OCc2ccccc2)[C@H]1I. The maximum Gasteiger partial charge on any atom is 0.231 e. The Bertz CT molecular complexity index is 1200. The van der Waals surface area contributed by atoms with Crippen molar-refractivity contribution in [1.29, 1.82) is 0 Å². The van der Waals surface area contributed by atoms with Crippen molar-refractivity contribution in [2.45, 2.75) is 61.1 Å². The van der Waals surface area contributed by atoms with Crippen molar-refractivity contribution in [3.63, 3.8) is 0 Å². The minimum atomic E-state index is -0.768. The van der Waals surface area contributed by atoms with Gasteiger partial charge in [-0.2, -0.15) is 0 Å². The van der Waals surface area contributed by atoms with Gasteiger partial charge in [0.1, 0.15) is 18.3 Å². The summed E-state index contributed by atoms with van der Waals surface area (Å²) in [6, 6.07) is 29.8. The van der Waals surface area contributed by atoms with Crippen LogP contribution < -0.4 is 0 Å². The smallest absolute Gasteiger partial charge is 0.231 e. The van der Waals surface area contributed by atoms with Gasteiger partial charge in [-0.1, -0.05) is 114 Å². The maximum atomic E-state index is 12.7. The molecule has 0 radical (unpaired) electrons. The lowest BCUT2D eigenvalue weighted by molar-refractivity contribution is -0.237. The molecule has 2 aliphatic rings. The molecule has 0 aliphatic carbocycles. The summed E-state index contributed by atoms with van der Waals surface area (Å²) in [7, 11) is 0. The van der Waals surface area contributed by atoms with E-state index >= 15 is 0 Å². The first-order chi connectivity index (χ1) is 19.1. The van der Waals surface area contributed by atoms with Gasteiger partial charge in [-0.3, -0.25) is 14.5 Å². The van der Waals surface area contributed by atoms with Gasteiger partial charge in [-0.05, 0) is 16.7 Å². The van der Waals surface area contributed by atoms with E-state index in [1.54, 1.807) is 0 Å². The van der Waals surface area contributed by atoms with Crippen molar-refractivity contribution in [2.75, 3.05) is 6.61 Å². The summed E-state index contributed by atoms with van der Waals surface area (Å²) in [4.78, 5) is 26.7. The summed E-state index contributed by atoms with van der Waals surface area (Å²) in [6.07, 6.45) is -1.89. The first-order valence-electron chi connectivity index (χ1n) is 13.2. The second kappa shape index (κ2) is 13.6. The Balaban J connectivity index is 1.40. The van der Waals surface area contributed by atoms with Crippen LogP contribution in [0.3, 0.4) is 0 Å². The average Bonchev–Trinajstić information content (AvgIpc) is 3.31. The number of hydrogen-bond donors (Lipinski definition) is 0. The maximum absolute atomic E-state index is 12.7. The molecule has 3 aromatic rings. The molecule has 0 bridgehead atoms. The van der Waals surface area contributed by atoms with E-state index in [4.69, 9.17) is 18.9 Å². The molecular weight excluding hydrogens is 609 g/mol. The third kappa shape index (κ3) is 7.12. The first kappa shape index (κ1) is 27.9. The van der Waals surface area contributed by atoms with Crippen molar-refractivity contribution in [1.82, 2.24) is 4.90 Å². The number of alkyl halides is 1. The van der Waals surface area contributed by atoms with Gasteiger partial charge in [-0.15, -0.1) is 0 Å². The predicted octanol–water partition coefficient (Wildman–Crippen LogP) is 5.05. The monoisotopic (exact) mass is 641 g/mol. The molecule has 204 valence electrons. The van der Waals surface area contributed by atoms with Gasteiger partial charge in [-0.25, -0.2) is 0 Å². The van der Waals surface area contributed by atoms with Gasteiger partial charge < -0.3 is 18.9 Å². The number of rotatable bonds is 11. The van der Waals surface area contributed by atoms with E-state index < -0.39 is 24.5 Å². The average molecular weight is 642 g/mol. The molecular formula is C31H32INO6. The molecule has 2 aliphatic heterocycles. The number of carbonyl (C=O) groups excluding carboxylic acids is 2. The highest BCUT2D eigenvalue weighted by atomic mass is 127. The Morgan fingerprint density at radius 1 is 0.692 bits per heavy atom. The summed E-state index contributed by atoms with van der Waals surface area (Å²) < 4.78 is 25.3. The number of nitrogens with zero attached hydrogens (tertiary/aromatic N) is 1. The minimum Gasteiger partial charge on any atom is -0.374 e. The van der Waals surface area contributed by atoms with E-state index in [0.717, 1.165) is 16.7 Å². The lowest BCUT2D eigenvalue weighted by atomic mass is 9.99. The summed E-state index contributed by atoms with van der Waals surface area (Å²) >= 11 is 2.24. The van der Waals surface area contributed by atoms with E-state index in [9.17, 15) is 9.59 Å². The fourth-order valence-electron chi connectivity index (χ4n) is 4.89. The molecule has 1 unspecified atom stereocenters. The van der Waals surface area contributed by atoms with Crippen molar-refractivity contribution in [2.24, 2.45) is 0 Å². The van der Waals surface area contributed by atoms with Crippen LogP contribution in [0.25, 0.3) is 0 Å². The molecule has 5 rings (SSSR count). The fourth-order valence-corrected chi connectivity index (χ4v) is 6.00. The van der Waals surface area contributed by atoms with Crippen LogP contribution in [0.4, 0.5) is 0 Å². The summed E-state index contributed by atoms with van der Waals surface area (Å²) in [5.41, 5.74) is 3.09. The van der Waals surface area contributed by atoms with Crippen LogP contribution in [0.2, 0.25) is 0 Å². The molecule has 39 heavy (non-hydrogen) atoms. The highest BCUT2D eigenvalue weighted by Crippen LogP contribution is 2.36. The van der Waals surface area contributed by atoms with Crippen LogP contribution >= 0.6 is 22.6 Å². The van der Waals surface area contributed by atoms with Gasteiger partial charge in [0.05, 0.1) is 30.4 Å². The van der Waals surface area contributed by atoms with E-state index in [-0.39, 0.29) is 35.2 Å². The molecule has 2 fully saturated rings. The van der Waals surface area contributed by atoms with Crippen molar-refractivity contribution in [3.05, 3.63) is 108 Å². The zero-order valence-corrected chi connectivity index (χ0v) is 23.7. The van der Waals surface area contributed by atoms with Gasteiger partial charge in [0, 0.05) is 12.8 Å². The quantitative estimate of drug-likeness (QED) is 0.166. The molecule has 2 saturated heterocycles. The number of likely N-dealkylation sites (tertiary alicyclic amines) is 1. The molecule has 7 nitrogen and oxygen atoms in total. The van der Waals surface area contributed by atoms with Gasteiger partial charge in [0.15, 0.2) is 6.23 Å². The van der Waals surface area contributed by atoms with E-state index in [1.807, 2.05) is 91.0 Å². The zero-order chi connectivity index (χ0) is 27.0. The van der Waals surface area contributed by atoms with Crippen LogP contribution in [-0.4, -0.2) is 51.8 Å². The van der Waals surface area contributed by atoms with Crippen LogP contribution in [0, 0.1) is 0 Å². The summed E-state index contributed by atoms with van der Waals surface area (Å²) in [6.45, 7) is 1.35. The largest absolute Gasteiger partial charge is 0.374 e. The van der Waals surface area contributed by atoms with Crippen molar-refractivity contribution >= 4 is 34.4 Å². The molecule has 0 N–H and O–H groups in total. The van der Waals surface area contributed by atoms with Crippen LogP contribution in [-0.2, 0) is 48.4 Å². The molecule has 0 saturated carbocycles. The Morgan fingerprint density at radius 3 is 1.67 bits per heavy atom. The lowest BCUT2D eigenvalue weighted by Gasteiger charge is -2.46. The van der Waals surface area contributed by atoms with E-state index in [2.05, 4.69) is 22.6 Å². The third-order valence-electron chi connectivity index (χ3n) is 6.90. The van der Waals surface area contributed by atoms with Crippen LogP contribution in [0.1, 0.15) is 29.5 Å². The molecule has 0 spiro atoms. The second-order valence-electron chi connectivity index (χ2n) is 9.69. The van der Waals surface area contributed by atoms with Crippen LogP contribution in [0.5, 0.6) is 0 Å². The Hall–Kier alpha value is -2.63. The highest BCUT2D eigenvalue weighted by molar-refractivity contribution is 14.1. The molecule has 2 heterocycles. The standard InChI is InChI=1S/C31H32INO6/c32-28-30(38-20-24-14-8-3-9-15-24)29(37-19-23-12-6-2-7-13-23)25(21-36-18-22-10-4-1-5-11-22)39-31(28)33-26(34)16-17-27(33)35/h1-15,25,28-31H,16-21H2/t25-,28-,29-,30+,31?/m1/s1. The topological polar surface area (TPSA) is 74.3 Å². The number of hydrogen-bond acceptors (Lipinski definition) is 6. The molecule has 5 atom stereocenters. The number of imide groups is 1. The second-order valence-corrected chi connectivity index (χ2v) is 11.1. The molecule has 2 amide bonds. The minimum absolute atomic E-state index is 0.195. The molecule has 3 aromatic carbocycles. The van der Waals surface area contributed by atoms with E-state index in [0.29, 0.717) is 19.8 Å². The first-order valence-corrected chi connectivity index (χ1v) is 14.4. The van der Waals surface area contributed by atoms with Gasteiger partial charge in [0.2, 0.25) is 11.8 Å². The third-order valence-corrected chi connectivity index (χ3v) is 8.22. The zero-order valence-electron chi connectivity index (χ0n) is 21.6. The number of benzene rings is 3. The van der Waals surface area contributed by atoms with Crippen molar-refractivity contribution < 1.29 is 28.5 Å².